The number of likely N-dealkylation sites (tertiary alicyclic amines) is 1. The zero-order valence-electron chi connectivity index (χ0n) is 11.1. The minimum Gasteiger partial charge on any atom is -0.466 e. The van der Waals surface area contributed by atoms with Gasteiger partial charge in [-0.15, -0.1) is 0 Å². The number of carbonyl (C=O) groups is 1. The molecular formula is C14H19FN2O2. The molecule has 2 heterocycles. The van der Waals surface area contributed by atoms with Crippen molar-refractivity contribution in [1.82, 2.24) is 9.88 Å². The van der Waals surface area contributed by atoms with Gasteiger partial charge in [-0.1, -0.05) is 0 Å². The van der Waals surface area contributed by atoms with Crippen LogP contribution in [0, 0.1) is 11.7 Å². The third-order valence-electron chi connectivity index (χ3n) is 3.29. The summed E-state index contributed by atoms with van der Waals surface area (Å²) in [5, 5.41) is 0. The van der Waals surface area contributed by atoms with Gasteiger partial charge in [0.15, 0.2) is 0 Å². The van der Waals surface area contributed by atoms with E-state index in [4.69, 9.17) is 4.74 Å². The Morgan fingerprint density at radius 3 is 3.16 bits per heavy atom. The molecular weight excluding hydrogens is 247 g/mol. The lowest BCUT2D eigenvalue weighted by molar-refractivity contribution is -0.150. The fourth-order valence-corrected chi connectivity index (χ4v) is 2.45. The molecule has 0 amide bonds. The quantitative estimate of drug-likeness (QED) is 0.782. The van der Waals surface area contributed by atoms with Crippen LogP contribution in [0.25, 0.3) is 0 Å². The van der Waals surface area contributed by atoms with Crippen LogP contribution >= 0.6 is 0 Å². The second-order valence-corrected chi connectivity index (χ2v) is 4.84. The van der Waals surface area contributed by atoms with Crippen LogP contribution in [0.3, 0.4) is 0 Å². The van der Waals surface area contributed by atoms with Gasteiger partial charge >= 0.3 is 5.97 Å². The Balaban J connectivity index is 1.92. The molecule has 1 fully saturated rings. The summed E-state index contributed by atoms with van der Waals surface area (Å²) in [7, 11) is 0. The molecule has 0 N–H and O–H groups in total. The average Bonchev–Trinajstić information content (AvgIpc) is 2.39. The third-order valence-corrected chi connectivity index (χ3v) is 3.29. The predicted molar refractivity (Wildman–Crippen MR) is 68.8 cm³/mol. The Bertz CT molecular complexity index is 439. The van der Waals surface area contributed by atoms with Crippen molar-refractivity contribution in [2.24, 2.45) is 5.92 Å². The molecule has 1 unspecified atom stereocenters. The first-order chi connectivity index (χ1) is 9.19. The van der Waals surface area contributed by atoms with Crippen molar-refractivity contribution < 1.29 is 13.9 Å². The number of nitrogens with zero attached hydrogens (tertiary/aromatic N) is 2. The van der Waals surface area contributed by atoms with Crippen molar-refractivity contribution in [3.8, 4) is 0 Å². The van der Waals surface area contributed by atoms with E-state index in [0.29, 0.717) is 19.7 Å². The summed E-state index contributed by atoms with van der Waals surface area (Å²) in [4.78, 5) is 17.7. The van der Waals surface area contributed by atoms with Crippen LogP contribution in [0.2, 0.25) is 0 Å². The van der Waals surface area contributed by atoms with E-state index in [2.05, 4.69) is 9.88 Å². The van der Waals surface area contributed by atoms with Gasteiger partial charge in [0, 0.05) is 19.3 Å². The van der Waals surface area contributed by atoms with Crippen molar-refractivity contribution in [1.29, 1.82) is 0 Å². The van der Waals surface area contributed by atoms with E-state index in [0.717, 1.165) is 24.9 Å². The second-order valence-electron chi connectivity index (χ2n) is 4.84. The van der Waals surface area contributed by atoms with E-state index in [1.807, 2.05) is 6.92 Å². The molecule has 0 aliphatic carbocycles. The fraction of sp³-hybridized carbons (Fsp3) is 0.571. The molecule has 1 atom stereocenters. The first-order valence-corrected chi connectivity index (χ1v) is 6.67. The number of hydrogen-bond acceptors (Lipinski definition) is 4. The molecule has 1 saturated heterocycles. The van der Waals surface area contributed by atoms with Gasteiger partial charge in [-0.05, 0) is 37.9 Å². The van der Waals surface area contributed by atoms with E-state index in [1.54, 1.807) is 6.20 Å². The maximum absolute atomic E-state index is 13.1. The SMILES string of the molecule is CCOC(=O)C1CCCN(Cc2cncc(F)c2)C1. The lowest BCUT2D eigenvalue weighted by Crippen LogP contribution is -2.38. The van der Waals surface area contributed by atoms with Gasteiger partial charge in [-0.25, -0.2) is 4.39 Å². The van der Waals surface area contributed by atoms with E-state index >= 15 is 0 Å². The molecule has 1 aliphatic rings. The van der Waals surface area contributed by atoms with E-state index < -0.39 is 0 Å². The number of pyridine rings is 1. The Labute approximate surface area is 112 Å². The molecule has 104 valence electrons. The molecule has 1 aromatic heterocycles. The van der Waals surface area contributed by atoms with Crippen LogP contribution in [0.5, 0.6) is 0 Å². The van der Waals surface area contributed by atoms with Crippen molar-refractivity contribution in [3.63, 3.8) is 0 Å². The normalized spacial score (nSPS) is 20.2. The molecule has 1 aromatic rings. The molecule has 0 spiro atoms. The highest BCUT2D eigenvalue weighted by molar-refractivity contribution is 5.72. The summed E-state index contributed by atoms with van der Waals surface area (Å²) in [6, 6.07) is 1.49. The summed E-state index contributed by atoms with van der Waals surface area (Å²) in [6.07, 6.45) is 4.70. The van der Waals surface area contributed by atoms with Gasteiger partial charge in [0.05, 0.1) is 18.7 Å². The maximum Gasteiger partial charge on any atom is 0.310 e. The summed E-state index contributed by atoms with van der Waals surface area (Å²) in [5.41, 5.74) is 0.838. The number of halogens is 1. The lowest BCUT2D eigenvalue weighted by atomic mass is 9.98. The largest absolute Gasteiger partial charge is 0.466 e. The number of piperidine rings is 1. The summed E-state index contributed by atoms with van der Waals surface area (Å²) >= 11 is 0. The van der Waals surface area contributed by atoms with E-state index in [1.165, 1.54) is 12.3 Å². The molecule has 19 heavy (non-hydrogen) atoms. The van der Waals surface area contributed by atoms with Crippen LogP contribution in [-0.4, -0.2) is 35.5 Å². The van der Waals surface area contributed by atoms with Gasteiger partial charge in [-0.3, -0.25) is 14.7 Å². The Kier molecular flexibility index (Phi) is 4.85. The van der Waals surface area contributed by atoms with Crippen LogP contribution in [-0.2, 0) is 16.1 Å². The number of rotatable bonds is 4. The Morgan fingerprint density at radius 2 is 2.42 bits per heavy atom. The van der Waals surface area contributed by atoms with Crippen molar-refractivity contribution in [2.75, 3.05) is 19.7 Å². The number of aromatic nitrogens is 1. The van der Waals surface area contributed by atoms with Crippen LogP contribution in [0.1, 0.15) is 25.3 Å². The summed E-state index contributed by atoms with van der Waals surface area (Å²) in [5.74, 6) is -0.503. The van der Waals surface area contributed by atoms with Gasteiger partial charge in [-0.2, -0.15) is 0 Å². The zero-order valence-corrected chi connectivity index (χ0v) is 11.1. The molecule has 5 heteroatoms. The van der Waals surface area contributed by atoms with Gasteiger partial charge in [0.1, 0.15) is 5.82 Å². The molecule has 0 aromatic carbocycles. The van der Waals surface area contributed by atoms with Crippen molar-refractivity contribution >= 4 is 5.97 Å². The average molecular weight is 266 g/mol. The number of ether oxygens (including phenoxy) is 1. The Morgan fingerprint density at radius 1 is 1.58 bits per heavy atom. The van der Waals surface area contributed by atoms with Gasteiger partial charge in [0.25, 0.3) is 0 Å². The number of carbonyl (C=O) groups excluding carboxylic acids is 1. The zero-order chi connectivity index (χ0) is 13.7. The highest BCUT2D eigenvalue weighted by atomic mass is 19.1. The fourth-order valence-electron chi connectivity index (χ4n) is 2.45. The second kappa shape index (κ2) is 6.61. The van der Waals surface area contributed by atoms with E-state index in [-0.39, 0.29) is 17.7 Å². The number of esters is 1. The molecule has 0 radical (unpaired) electrons. The van der Waals surface area contributed by atoms with Crippen LogP contribution in [0.4, 0.5) is 4.39 Å². The van der Waals surface area contributed by atoms with Crippen molar-refractivity contribution in [2.45, 2.75) is 26.3 Å². The van der Waals surface area contributed by atoms with Crippen LogP contribution in [0.15, 0.2) is 18.5 Å². The maximum atomic E-state index is 13.1. The third kappa shape index (κ3) is 3.99. The van der Waals surface area contributed by atoms with Gasteiger partial charge < -0.3 is 4.74 Å². The highest BCUT2D eigenvalue weighted by Gasteiger charge is 2.26. The van der Waals surface area contributed by atoms with E-state index in [9.17, 15) is 9.18 Å². The standard InChI is InChI=1S/C14H19FN2O2/c1-2-19-14(18)12-4-3-5-17(10-12)9-11-6-13(15)8-16-7-11/h6-8,12H,2-5,9-10H2,1H3. The minimum absolute atomic E-state index is 0.0600. The molecule has 0 saturated carbocycles. The number of hydrogen-bond donors (Lipinski definition) is 0. The first-order valence-electron chi connectivity index (χ1n) is 6.67. The molecule has 1 aliphatic heterocycles. The predicted octanol–water partition coefficient (Wildman–Crippen LogP) is 2.00. The highest BCUT2D eigenvalue weighted by Crippen LogP contribution is 2.19. The van der Waals surface area contributed by atoms with Crippen molar-refractivity contribution in [3.05, 3.63) is 29.8 Å². The molecule has 4 nitrogen and oxygen atoms in total. The molecule has 2 rings (SSSR count). The minimum atomic E-state index is -0.323. The summed E-state index contributed by atoms with van der Waals surface area (Å²) in [6.45, 7) is 4.46. The smallest absolute Gasteiger partial charge is 0.310 e. The topological polar surface area (TPSA) is 42.4 Å². The van der Waals surface area contributed by atoms with Crippen LogP contribution < -0.4 is 0 Å². The summed E-state index contributed by atoms with van der Waals surface area (Å²) < 4.78 is 18.1. The Hall–Kier alpha value is -1.49. The van der Waals surface area contributed by atoms with Gasteiger partial charge in [0.2, 0.25) is 0 Å². The molecule has 0 bridgehead atoms. The first kappa shape index (κ1) is 13.9. The lowest BCUT2D eigenvalue weighted by Gasteiger charge is -2.31. The monoisotopic (exact) mass is 266 g/mol.